The van der Waals surface area contributed by atoms with Crippen LogP contribution >= 0.6 is 11.6 Å². The molecule has 0 radical (unpaired) electrons. The van der Waals surface area contributed by atoms with Crippen LogP contribution in [0.25, 0.3) is 0 Å². The molecule has 15 heavy (non-hydrogen) atoms. The summed E-state index contributed by atoms with van der Waals surface area (Å²) < 4.78 is 0. The molecule has 0 atom stereocenters. The summed E-state index contributed by atoms with van der Waals surface area (Å²) in [5.41, 5.74) is 6.86. The van der Waals surface area contributed by atoms with Crippen LogP contribution in [-0.4, -0.2) is 15.8 Å². The molecule has 0 aliphatic rings. The Hall–Kier alpha value is -1.81. The number of rotatable bonds is 2. The van der Waals surface area contributed by atoms with E-state index < -0.39 is 0 Å². The number of carbonyl (C=O) groups is 1. The molecule has 0 saturated heterocycles. The predicted octanol–water partition coefficient (Wildman–Crippen LogP) is 1.88. The summed E-state index contributed by atoms with van der Waals surface area (Å²) in [6, 6.07) is 4.78. The second-order valence-corrected chi connectivity index (χ2v) is 3.46. The maximum Gasteiger partial charge on any atom is 0.212 e. The molecule has 1 aromatic carbocycles. The van der Waals surface area contributed by atoms with E-state index in [9.17, 15) is 4.79 Å². The molecule has 0 unspecified atom stereocenters. The molecule has 0 amide bonds. The van der Waals surface area contributed by atoms with E-state index in [0.717, 1.165) is 0 Å². The topological polar surface area (TPSA) is 71.8 Å². The van der Waals surface area contributed by atoms with Crippen molar-refractivity contribution in [1.82, 2.24) is 9.97 Å². The number of hydrogen-bond donors (Lipinski definition) is 2. The molecule has 5 heteroatoms. The summed E-state index contributed by atoms with van der Waals surface area (Å²) in [4.78, 5) is 18.4. The van der Waals surface area contributed by atoms with Crippen molar-refractivity contribution in [2.45, 2.75) is 0 Å². The number of nitrogens with two attached hydrogens (primary N) is 1. The fourth-order valence-corrected chi connectivity index (χ4v) is 1.42. The summed E-state index contributed by atoms with van der Waals surface area (Å²) in [7, 11) is 0. The maximum absolute atomic E-state index is 11.9. The molecule has 0 spiro atoms. The highest BCUT2D eigenvalue weighted by molar-refractivity contribution is 6.31. The van der Waals surface area contributed by atoms with Crippen molar-refractivity contribution in [3.63, 3.8) is 0 Å². The fraction of sp³-hybridized carbons (Fsp3) is 0. The van der Waals surface area contributed by atoms with Crippen LogP contribution in [0.4, 0.5) is 5.69 Å². The van der Waals surface area contributed by atoms with Crippen LogP contribution in [-0.2, 0) is 0 Å². The largest absolute Gasteiger partial charge is 0.398 e. The van der Waals surface area contributed by atoms with Crippen LogP contribution in [0, 0.1) is 0 Å². The van der Waals surface area contributed by atoms with Crippen LogP contribution in [0.1, 0.15) is 16.1 Å². The van der Waals surface area contributed by atoms with Gasteiger partial charge in [0.15, 0.2) is 0 Å². The highest BCUT2D eigenvalue weighted by Gasteiger charge is 2.13. The first-order chi connectivity index (χ1) is 7.18. The lowest BCUT2D eigenvalue weighted by Crippen LogP contribution is -2.05. The Morgan fingerprint density at radius 1 is 1.47 bits per heavy atom. The molecular weight excluding hydrogens is 214 g/mol. The molecule has 0 aliphatic heterocycles. The lowest BCUT2D eigenvalue weighted by Gasteiger charge is -2.03. The molecule has 3 N–H and O–H groups in total. The zero-order valence-corrected chi connectivity index (χ0v) is 8.45. The molecular formula is C10H8ClN3O. The highest BCUT2D eigenvalue weighted by Crippen LogP contribution is 2.20. The average Bonchev–Trinajstić information content (AvgIpc) is 2.74. The Morgan fingerprint density at radius 3 is 2.93 bits per heavy atom. The molecule has 0 aliphatic carbocycles. The van der Waals surface area contributed by atoms with Gasteiger partial charge in [-0.3, -0.25) is 4.79 Å². The van der Waals surface area contributed by atoms with Crippen molar-refractivity contribution in [3.05, 3.63) is 47.0 Å². The van der Waals surface area contributed by atoms with Gasteiger partial charge in [-0.05, 0) is 18.2 Å². The zero-order valence-electron chi connectivity index (χ0n) is 7.70. The highest BCUT2D eigenvalue weighted by atomic mass is 35.5. The number of ketones is 1. The van der Waals surface area contributed by atoms with Gasteiger partial charge >= 0.3 is 0 Å². The van der Waals surface area contributed by atoms with E-state index in [1.807, 2.05) is 0 Å². The van der Waals surface area contributed by atoms with Gasteiger partial charge in [0.25, 0.3) is 0 Å². The van der Waals surface area contributed by atoms with Crippen molar-refractivity contribution >= 4 is 23.1 Å². The van der Waals surface area contributed by atoms with Crippen molar-refractivity contribution < 1.29 is 4.79 Å². The van der Waals surface area contributed by atoms with Crippen molar-refractivity contribution in [3.8, 4) is 0 Å². The predicted molar refractivity (Wildman–Crippen MR) is 57.9 cm³/mol. The average molecular weight is 222 g/mol. The fourth-order valence-electron chi connectivity index (χ4n) is 1.25. The molecule has 1 heterocycles. The number of nitrogen functional groups attached to an aromatic ring is 1. The second-order valence-electron chi connectivity index (χ2n) is 3.03. The van der Waals surface area contributed by atoms with Gasteiger partial charge in [0.05, 0.1) is 12.5 Å². The minimum absolute atomic E-state index is 0.215. The van der Waals surface area contributed by atoms with Gasteiger partial charge in [0, 0.05) is 16.3 Å². The summed E-state index contributed by atoms with van der Waals surface area (Å²) in [5, 5.41) is 0.479. The van der Waals surface area contributed by atoms with Gasteiger partial charge in [0.2, 0.25) is 5.78 Å². The van der Waals surface area contributed by atoms with Crippen LogP contribution in [0.5, 0.6) is 0 Å². The SMILES string of the molecule is Nc1ccc(Cl)cc1C(=O)c1cnc[nH]1. The molecule has 4 nitrogen and oxygen atoms in total. The smallest absolute Gasteiger partial charge is 0.212 e. The normalized spacial score (nSPS) is 10.2. The lowest BCUT2D eigenvalue weighted by molar-refractivity contribution is 0.103. The number of anilines is 1. The number of carbonyl (C=O) groups excluding carboxylic acids is 1. The van der Waals surface area contributed by atoms with Crippen LogP contribution < -0.4 is 5.73 Å². The molecule has 1 aromatic heterocycles. The summed E-state index contributed by atoms with van der Waals surface area (Å²) in [6.45, 7) is 0. The number of hydrogen-bond acceptors (Lipinski definition) is 3. The molecule has 0 bridgehead atoms. The third kappa shape index (κ3) is 1.85. The molecule has 0 fully saturated rings. The third-order valence-electron chi connectivity index (χ3n) is 2.00. The first-order valence-corrected chi connectivity index (χ1v) is 4.64. The van der Waals surface area contributed by atoms with E-state index in [1.165, 1.54) is 12.5 Å². The van der Waals surface area contributed by atoms with Gasteiger partial charge in [-0.2, -0.15) is 0 Å². The maximum atomic E-state index is 11.9. The summed E-state index contributed by atoms with van der Waals surface area (Å²) in [5.74, 6) is -0.215. The lowest BCUT2D eigenvalue weighted by atomic mass is 10.1. The minimum Gasteiger partial charge on any atom is -0.398 e. The number of nitrogens with zero attached hydrogens (tertiary/aromatic N) is 1. The zero-order chi connectivity index (χ0) is 10.8. The number of nitrogens with one attached hydrogen (secondary N) is 1. The van der Waals surface area contributed by atoms with Crippen molar-refractivity contribution in [1.29, 1.82) is 0 Å². The molecule has 2 aromatic rings. The van der Waals surface area contributed by atoms with E-state index in [0.29, 0.717) is 22.0 Å². The number of aromatic nitrogens is 2. The number of H-pyrrole nitrogens is 1. The Morgan fingerprint density at radius 2 is 2.27 bits per heavy atom. The number of aromatic amines is 1. The van der Waals surface area contributed by atoms with Gasteiger partial charge in [-0.1, -0.05) is 11.6 Å². The first-order valence-electron chi connectivity index (χ1n) is 4.26. The summed E-state index contributed by atoms with van der Waals surface area (Å²) in [6.07, 6.45) is 2.89. The van der Waals surface area contributed by atoms with Crippen LogP contribution in [0.3, 0.4) is 0 Å². The summed E-state index contributed by atoms with van der Waals surface area (Å²) >= 11 is 5.79. The monoisotopic (exact) mass is 221 g/mol. The van der Waals surface area contributed by atoms with E-state index >= 15 is 0 Å². The number of halogens is 1. The van der Waals surface area contributed by atoms with E-state index in [1.54, 1.807) is 18.2 Å². The van der Waals surface area contributed by atoms with Crippen LogP contribution in [0.15, 0.2) is 30.7 Å². The minimum atomic E-state index is -0.215. The van der Waals surface area contributed by atoms with E-state index in [-0.39, 0.29) is 5.78 Å². The van der Waals surface area contributed by atoms with Gasteiger partial charge in [0.1, 0.15) is 5.69 Å². The Kier molecular flexibility index (Phi) is 2.43. The van der Waals surface area contributed by atoms with E-state index in [2.05, 4.69) is 9.97 Å². The number of imidazole rings is 1. The molecule has 0 saturated carbocycles. The molecule has 2 rings (SSSR count). The standard InChI is InChI=1S/C10H8ClN3O/c11-6-1-2-8(12)7(3-6)10(15)9-4-13-5-14-9/h1-5H,12H2,(H,13,14). The Balaban J connectivity index is 2.46. The van der Waals surface area contributed by atoms with Crippen LogP contribution in [0.2, 0.25) is 5.02 Å². The Bertz CT molecular complexity index is 493. The van der Waals surface area contributed by atoms with Gasteiger partial charge in [-0.25, -0.2) is 4.98 Å². The molecule has 76 valence electrons. The second kappa shape index (κ2) is 3.74. The first kappa shape index (κ1) is 9.73. The van der Waals surface area contributed by atoms with Gasteiger partial charge < -0.3 is 10.7 Å². The van der Waals surface area contributed by atoms with E-state index in [4.69, 9.17) is 17.3 Å². The van der Waals surface area contributed by atoms with Gasteiger partial charge in [-0.15, -0.1) is 0 Å². The quantitative estimate of drug-likeness (QED) is 0.601. The van der Waals surface area contributed by atoms with Crippen molar-refractivity contribution in [2.24, 2.45) is 0 Å². The number of benzene rings is 1. The Labute approximate surface area is 91.1 Å². The van der Waals surface area contributed by atoms with Crippen molar-refractivity contribution in [2.75, 3.05) is 5.73 Å². The third-order valence-corrected chi connectivity index (χ3v) is 2.24.